The maximum Gasteiger partial charge on any atom is 0.289 e. The number of carbonyl (C=O) groups excluding carboxylic acids is 6. The van der Waals surface area contributed by atoms with Crippen molar-refractivity contribution in [3.63, 3.8) is 0 Å². The van der Waals surface area contributed by atoms with Gasteiger partial charge in [-0.2, -0.15) is 0 Å². The van der Waals surface area contributed by atoms with Gasteiger partial charge in [-0.15, -0.1) is 0 Å². The average molecular weight is 694 g/mol. The molecule has 7 atom stereocenters. The molecule has 274 valence electrons. The molecule has 13 heteroatoms. The van der Waals surface area contributed by atoms with E-state index in [1.165, 1.54) is 23.5 Å². The molecular weight excluding hydrogens is 638 g/mol. The van der Waals surface area contributed by atoms with Gasteiger partial charge in [-0.1, -0.05) is 59.5 Å². The highest BCUT2D eigenvalue weighted by molar-refractivity contribution is 6.38. The molecule has 3 fully saturated rings. The number of nitrogens with one attached hydrogen (secondary N) is 4. The zero-order chi connectivity index (χ0) is 36.5. The minimum atomic E-state index is -1.15. The van der Waals surface area contributed by atoms with Crippen LogP contribution in [0.1, 0.15) is 109 Å². The highest BCUT2D eigenvalue weighted by Crippen LogP contribution is 2.42. The van der Waals surface area contributed by atoms with E-state index in [-0.39, 0.29) is 41.8 Å². The lowest BCUT2D eigenvalue weighted by molar-refractivity contribution is -0.144. The fraction of sp³-hybridized carbons (Fsp3) is 0.676. The predicted octanol–water partition coefficient (Wildman–Crippen LogP) is 2.86. The lowest BCUT2D eigenvalue weighted by Crippen LogP contribution is -2.60. The molecule has 1 saturated heterocycles. The number of rotatable bonds is 15. The number of likely N-dealkylation sites (tertiary alicyclic amines) is 1. The lowest BCUT2D eigenvalue weighted by Gasteiger charge is -2.34. The van der Waals surface area contributed by atoms with Crippen molar-refractivity contribution in [2.24, 2.45) is 23.7 Å². The van der Waals surface area contributed by atoms with Crippen LogP contribution in [0.5, 0.6) is 0 Å². The quantitative estimate of drug-likeness (QED) is 0.160. The van der Waals surface area contributed by atoms with Crippen molar-refractivity contribution in [2.45, 2.75) is 129 Å². The third-order valence-corrected chi connectivity index (χ3v) is 10.7. The topological polar surface area (TPSA) is 180 Å². The minimum Gasteiger partial charge on any atom is -0.347 e. The van der Waals surface area contributed by atoms with Gasteiger partial charge in [0, 0.05) is 25.0 Å². The molecule has 5 amide bonds. The highest BCUT2D eigenvalue weighted by Gasteiger charge is 2.51. The second-order valence-corrected chi connectivity index (χ2v) is 14.7. The van der Waals surface area contributed by atoms with Crippen LogP contribution in [0.15, 0.2) is 30.7 Å². The van der Waals surface area contributed by atoms with E-state index >= 15 is 0 Å². The maximum atomic E-state index is 14.4. The molecule has 2 aliphatic carbocycles. The van der Waals surface area contributed by atoms with Gasteiger partial charge in [0.15, 0.2) is 0 Å². The summed E-state index contributed by atoms with van der Waals surface area (Å²) in [5.74, 6) is -3.48. The van der Waals surface area contributed by atoms with Crippen LogP contribution >= 0.6 is 0 Å². The fourth-order valence-electron chi connectivity index (χ4n) is 7.58. The molecule has 1 aromatic heterocycles. The zero-order valence-corrected chi connectivity index (χ0v) is 30.2. The molecular formula is C37H55N7O6. The molecule has 3 aliphatic rings. The number of nitrogens with zero attached hydrogens (tertiary/aromatic N) is 3. The van der Waals surface area contributed by atoms with Crippen LogP contribution in [0, 0.1) is 23.7 Å². The summed E-state index contributed by atoms with van der Waals surface area (Å²) in [6.45, 7) is 13.6. The number of hydrogen-bond acceptors (Lipinski definition) is 8. The Morgan fingerprint density at radius 2 is 1.64 bits per heavy atom. The van der Waals surface area contributed by atoms with Crippen molar-refractivity contribution in [1.82, 2.24) is 36.1 Å². The Morgan fingerprint density at radius 3 is 2.26 bits per heavy atom. The second kappa shape index (κ2) is 17.7. The van der Waals surface area contributed by atoms with Crippen molar-refractivity contribution < 1.29 is 28.8 Å². The summed E-state index contributed by atoms with van der Waals surface area (Å²) in [5, 5.41) is 11.3. The summed E-state index contributed by atoms with van der Waals surface area (Å²) < 4.78 is 0. The minimum absolute atomic E-state index is 0.0814. The van der Waals surface area contributed by atoms with E-state index in [1.807, 2.05) is 27.7 Å². The van der Waals surface area contributed by atoms with Gasteiger partial charge in [0.25, 0.3) is 11.8 Å². The van der Waals surface area contributed by atoms with Gasteiger partial charge in [0.1, 0.15) is 23.8 Å². The van der Waals surface area contributed by atoms with Gasteiger partial charge in [-0.25, -0.2) is 4.98 Å². The number of carbonyl (C=O) groups is 6. The van der Waals surface area contributed by atoms with Gasteiger partial charge < -0.3 is 26.2 Å². The van der Waals surface area contributed by atoms with E-state index in [1.54, 1.807) is 6.92 Å². The van der Waals surface area contributed by atoms with Crippen molar-refractivity contribution >= 4 is 35.3 Å². The van der Waals surface area contributed by atoms with E-state index in [4.69, 9.17) is 0 Å². The summed E-state index contributed by atoms with van der Waals surface area (Å²) in [7, 11) is 0. The Hall–Kier alpha value is -4.16. The molecule has 0 unspecified atom stereocenters. The Bertz CT molecular complexity index is 1410. The molecule has 13 nitrogen and oxygen atoms in total. The number of Topliss-reactive ketones (excluding diaryl/α,β-unsaturated/α-hetero) is 1. The number of fused-ring (bicyclic) bond motifs is 1. The predicted molar refractivity (Wildman–Crippen MR) is 187 cm³/mol. The summed E-state index contributed by atoms with van der Waals surface area (Å²) in [6, 6.07) is -4.19. The molecule has 0 aromatic carbocycles. The summed E-state index contributed by atoms with van der Waals surface area (Å²) >= 11 is 0. The average Bonchev–Trinajstić information content (AvgIpc) is 3.71. The maximum absolute atomic E-state index is 14.4. The first-order chi connectivity index (χ1) is 23.8. The number of hydrogen-bond donors (Lipinski definition) is 4. The van der Waals surface area contributed by atoms with Gasteiger partial charge in [0.2, 0.25) is 23.5 Å². The Balaban J connectivity index is 1.54. The third kappa shape index (κ3) is 9.33. The van der Waals surface area contributed by atoms with Gasteiger partial charge in [0.05, 0.1) is 12.2 Å². The van der Waals surface area contributed by atoms with Gasteiger partial charge in [-0.3, -0.25) is 33.8 Å². The first-order valence-electron chi connectivity index (χ1n) is 18.3. The molecule has 0 radical (unpaired) electrons. The summed E-state index contributed by atoms with van der Waals surface area (Å²) in [4.78, 5) is 91.2. The molecule has 4 N–H and O–H groups in total. The number of aromatic nitrogens is 2. The molecule has 50 heavy (non-hydrogen) atoms. The van der Waals surface area contributed by atoms with Crippen LogP contribution in [0.3, 0.4) is 0 Å². The Morgan fingerprint density at radius 1 is 0.920 bits per heavy atom. The van der Waals surface area contributed by atoms with Gasteiger partial charge in [-0.05, 0) is 75.2 Å². The van der Waals surface area contributed by atoms with Crippen LogP contribution < -0.4 is 21.3 Å². The third-order valence-electron chi connectivity index (χ3n) is 10.7. The Kier molecular flexibility index (Phi) is 13.7. The van der Waals surface area contributed by atoms with Crippen LogP contribution in [-0.2, 0) is 24.0 Å². The normalized spacial score (nSPS) is 22.8. The van der Waals surface area contributed by atoms with E-state index in [9.17, 15) is 28.8 Å². The molecule has 2 heterocycles. The molecule has 1 aromatic rings. The summed E-state index contributed by atoms with van der Waals surface area (Å²) in [5.41, 5.74) is 0.468. The molecule has 2 saturated carbocycles. The van der Waals surface area contributed by atoms with E-state index in [0.29, 0.717) is 18.5 Å². The highest BCUT2D eigenvalue weighted by atomic mass is 16.2. The summed E-state index contributed by atoms with van der Waals surface area (Å²) in [6.07, 6.45) is 11.9. The van der Waals surface area contributed by atoms with Crippen molar-refractivity contribution in [3.05, 3.63) is 36.4 Å². The number of ketones is 1. The first kappa shape index (κ1) is 38.6. The zero-order valence-electron chi connectivity index (χ0n) is 30.2. The number of amides is 5. The molecule has 4 rings (SSSR count). The largest absolute Gasteiger partial charge is 0.347 e. The van der Waals surface area contributed by atoms with Crippen LogP contribution in [0.4, 0.5) is 0 Å². The van der Waals surface area contributed by atoms with Crippen molar-refractivity contribution in [2.75, 3.05) is 6.54 Å². The Labute approximate surface area is 295 Å². The molecule has 0 bridgehead atoms. The molecule has 1 aliphatic heterocycles. The SMILES string of the molecule is C=C(C)[C@H](NC(=O)[C@@H](NC(=O)c1cnccn1)C1CCCCC1)C(=O)N1C[C@@H]2CCC[C@@H]2[C@H]1C(=O)N[C@@H](CCC)C(=O)C(=O)N[C@@H](C)C(C)C. The van der Waals surface area contributed by atoms with E-state index in [2.05, 4.69) is 37.8 Å². The fourth-order valence-corrected chi connectivity index (χ4v) is 7.58. The van der Waals surface area contributed by atoms with Crippen LogP contribution in [-0.4, -0.2) is 86.9 Å². The van der Waals surface area contributed by atoms with Crippen LogP contribution in [0.2, 0.25) is 0 Å². The van der Waals surface area contributed by atoms with E-state index in [0.717, 1.165) is 51.4 Å². The van der Waals surface area contributed by atoms with E-state index < -0.39 is 59.5 Å². The molecule has 0 spiro atoms. The first-order valence-corrected chi connectivity index (χ1v) is 18.3. The van der Waals surface area contributed by atoms with Crippen LogP contribution in [0.25, 0.3) is 0 Å². The monoisotopic (exact) mass is 693 g/mol. The smallest absolute Gasteiger partial charge is 0.289 e. The van der Waals surface area contributed by atoms with Crippen molar-refractivity contribution in [1.29, 1.82) is 0 Å². The standard InChI is InChI=1S/C37H55N7O6/c1-7-12-27(32(45)36(49)40-23(6)21(2)3)41-35(48)31-26-16-11-15-25(26)20-44(31)37(50)29(22(4)5)42-34(47)30(24-13-9-8-10-14-24)43-33(46)28-19-38-17-18-39-28/h17-19,21,23-27,29-31H,4,7-16,20H2,1-3,5-6H3,(H,40,49)(H,41,48)(H,42,47)(H,43,46)/t23-,25-,26-,27-,29-,30-,31-/m0/s1. The lowest BCUT2D eigenvalue weighted by atomic mass is 9.83. The van der Waals surface area contributed by atoms with Crippen molar-refractivity contribution in [3.8, 4) is 0 Å². The second-order valence-electron chi connectivity index (χ2n) is 14.7. The van der Waals surface area contributed by atoms with Gasteiger partial charge >= 0.3 is 0 Å².